The van der Waals surface area contributed by atoms with Crippen LogP contribution in [-0.4, -0.2) is 11.1 Å². The minimum Gasteiger partial charge on any atom is -0.481 e. The Hall–Kier alpha value is -0.530. The highest BCUT2D eigenvalue weighted by Crippen LogP contribution is 2.10. The molecule has 0 bridgehead atoms. The van der Waals surface area contributed by atoms with E-state index in [0.29, 0.717) is 5.92 Å². The quantitative estimate of drug-likeness (QED) is 0.589. The molecule has 0 amide bonds. The van der Waals surface area contributed by atoms with E-state index < -0.39 is 5.97 Å². The smallest absolute Gasteiger partial charge is 0.310 e. The van der Waals surface area contributed by atoms with Gasteiger partial charge in [0, 0.05) is 0 Å². The molecule has 0 spiro atoms. The summed E-state index contributed by atoms with van der Waals surface area (Å²) in [6.07, 6.45) is 0. The lowest BCUT2D eigenvalue weighted by Crippen LogP contribution is -2.12. The Morgan fingerprint density at radius 1 is 1.50 bits per heavy atom. The summed E-state index contributed by atoms with van der Waals surface area (Å²) in [6, 6.07) is 0. The summed E-state index contributed by atoms with van der Waals surface area (Å²) in [5.41, 5.74) is 0. The molecule has 0 atom stereocenters. The molecule has 0 unspecified atom stereocenters. The second kappa shape index (κ2) is 2.70. The first kappa shape index (κ1) is 7.47. The number of hydrogen-bond donors (Lipinski definition) is 1. The van der Waals surface area contributed by atoms with Gasteiger partial charge in [-0.15, -0.1) is 0 Å². The van der Waals surface area contributed by atoms with E-state index in [1.165, 1.54) is 0 Å². The number of carboxylic acid groups (broad SMARTS) is 1. The molecule has 2 heteroatoms. The molecule has 2 nitrogen and oxygen atoms in total. The van der Waals surface area contributed by atoms with Gasteiger partial charge in [0.25, 0.3) is 0 Å². The van der Waals surface area contributed by atoms with Crippen molar-refractivity contribution in [3.05, 3.63) is 5.92 Å². The van der Waals surface area contributed by atoms with Crippen molar-refractivity contribution in [2.45, 2.75) is 20.8 Å². The van der Waals surface area contributed by atoms with Gasteiger partial charge in [0.2, 0.25) is 0 Å². The van der Waals surface area contributed by atoms with Crippen molar-refractivity contribution in [2.75, 3.05) is 0 Å². The zero-order chi connectivity index (χ0) is 6.73. The van der Waals surface area contributed by atoms with Crippen LogP contribution in [0.5, 0.6) is 0 Å². The summed E-state index contributed by atoms with van der Waals surface area (Å²) in [4.78, 5) is 10.1. The van der Waals surface area contributed by atoms with Crippen LogP contribution in [-0.2, 0) is 4.79 Å². The lowest BCUT2D eigenvalue weighted by atomic mass is 9.99. The third kappa shape index (κ3) is 1.96. The number of aliphatic carboxylic acids is 1. The standard InChI is InChI=1S/C6H11O2/c1-4(2)5(3)6(7)8/h4H,1-3H3,(H,7,8). The van der Waals surface area contributed by atoms with Gasteiger partial charge >= 0.3 is 5.97 Å². The van der Waals surface area contributed by atoms with Gasteiger partial charge in [-0.2, -0.15) is 0 Å². The second-order valence-electron chi connectivity index (χ2n) is 2.14. The molecule has 47 valence electrons. The molecule has 1 radical (unpaired) electrons. The highest BCUT2D eigenvalue weighted by atomic mass is 16.4. The number of rotatable bonds is 2. The average Bonchev–Trinajstić information content (AvgIpc) is 1.64. The fourth-order valence-corrected chi connectivity index (χ4v) is 0.247. The Balaban J connectivity index is 3.64. The maximum atomic E-state index is 10.1. The Kier molecular flexibility index (Phi) is 2.52. The van der Waals surface area contributed by atoms with Crippen molar-refractivity contribution < 1.29 is 9.90 Å². The third-order valence-corrected chi connectivity index (χ3v) is 1.20. The Labute approximate surface area is 49.5 Å². The van der Waals surface area contributed by atoms with Crippen LogP contribution in [0.15, 0.2) is 0 Å². The van der Waals surface area contributed by atoms with E-state index in [-0.39, 0.29) is 5.92 Å². The fourth-order valence-electron chi connectivity index (χ4n) is 0.247. The summed E-state index contributed by atoms with van der Waals surface area (Å²) in [6.45, 7) is 5.36. The van der Waals surface area contributed by atoms with E-state index in [1.807, 2.05) is 13.8 Å². The summed E-state index contributed by atoms with van der Waals surface area (Å²) in [5, 5.41) is 8.32. The van der Waals surface area contributed by atoms with Crippen molar-refractivity contribution in [1.29, 1.82) is 0 Å². The van der Waals surface area contributed by atoms with E-state index in [1.54, 1.807) is 6.92 Å². The third-order valence-electron chi connectivity index (χ3n) is 1.20. The second-order valence-corrected chi connectivity index (χ2v) is 2.14. The van der Waals surface area contributed by atoms with E-state index in [2.05, 4.69) is 0 Å². The van der Waals surface area contributed by atoms with Gasteiger partial charge in [0.15, 0.2) is 0 Å². The molecule has 0 saturated carbocycles. The normalized spacial score (nSPS) is 10.6. The predicted molar refractivity (Wildman–Crippen MR) is 31.4 cm³/mol. The van der Waals surface area contributed by atoms with Crippen LogP contribution in [0.2, 0.25) is 0 Å². The molecule has 0 saturated heterocycles. The predicted octanol–water partition coefficient (Wildman–Crippen LogP) is 1.32. The van der Waals surface area contributed by atoms with Crippen molar-refractivity contribution in [2.24, 2.45) is 5.92 Å². The molecular weight excluding hydrogens is 104 g/mol. The monoisotopic (exact) mass is 115 g/mol. The average molecular weight is 115 g/mol. The molecule has 0 aliphatic rings. The van der Waals surface area contributed by atoms with Gasteiger partial charge in [-0.25, -0.2) is 0 Å². The van der Waals surface area contributed by atoms with E-state index in [4.69, 9.17) is 5.11 Å². The number of hydrogen-bond acceptors (Lipinski definition) is 1. The minimum absolute atomic E-state index is 0.160. The van der Waals surface area contributed by atoms with Crippen molar-refractivity contribution in [1.82, 2.24) is 0 Å². The molecule has 0 heterocycles. The molecule has 0 aromatic carbocycles. The topological polar surface area (TPSA) is 37.3 Å². The molecule has 0 aliphatic heterocycles. The Morgan fingerprint density at radius 2 is 1.88 bits per heavy atom. The molecule has 0 aliphatic carbocycles. The van der Waals surface area contributed by atoms with Crippen LogP contribution in [0.1, 0.15) is 20.8 Å². The molecule has 0 aromatic rings. The van der Waals surface area contributed by atoms with Crippen molar-refractivity contribution in [3.63, 3.8) is 0 Å². The lowest BCUT2D eigenvalue weighted by molar-refractivity contribution is -0.135. The minimum atomic E-state index is -0.792. The molecule has 0 fully saturated rings. The van der Waals surface area contributed by atoms with Crippen molar-refractivity contribution >= 4 is 5.97 Å². The number of carbonyl (C=O) groups is 1. The Morgan fingerprint density at radius 3 is 1.88 bits per heavy atom. The van der Waals surface area contributed by atoms with Gasteiger partial charge in [-0.05, 0) is 12.8 Å². The molecule has 0 aromatic heterocycles. The van der Waals surface area contributed by atoms with Gasteiger partial charge in [0.1, 0.15) is 0 Å². The van der Waals surface area contributed by atoms with Gasteiger partial charge in [0.05, 0.1) is 5.92 Å². The zero-order valence-corrected chi connectivity index (χ0v) is 5.43. The van der Waals surface area contributed by atoms with Crippen LogP contribution in [0.4, 0.5) is 0 Å². The van der Waals surface area contributed by atoms with E-state index >= 15 is 0 Å². The van der Waals surface area contributed by atoms with Gasteiger partial charge in [-0.3, -0.25) is 4.79 Å². The first-order chi connectivity index (χ1) is 3.55. The Bertz CT molecular complexity index is 86.5. The van der Waals surface area contributed by atoms with E-state index in [9.17, 15) is 4.79 Å². The first-order valence-corrected chi connectivity index (χ1v) is 2.62. The zero-order valence-electron chi connectivity index (χ0n) is 5.43. The lowest BCUT2D eigenvalue weighted by Gasteiger charge is -2.06. The highest BCUT2D eigenvalue weighted by Gasteiger charge is 2.14. The van der Waals surface area contributed by atoms with Crippen LogP contribution in [0.3, 0.4) is 0 Å². The summed E-state index contributed by atoms with van der Waals surface area (Å²) in [7, 11) is 0. The SMILES string of the molecule is C[C](C(=O)O)C(C)C. The molecule has 0 rings (SSSR count). The van der Waals surface area contributed by atoms with Crippen LogP contribution < -0.4 is 0 Å². The maximum absolute atomic E-state index is 10.1. The van der Waals surface area contributed by atoms with Crippen LogP contribution in [0.25, 0.3) is 0 Å². The summed E-state index contributed by atoms with van der Waals surface area (Å²) in [5.74, 6) is -0.113. The highest BCUT2D eigenvalue weighted by molar-refractivity contribution is 5.82. The van der Waals surface area contributed by atoms with E-state index in [0.717, 1.165) is 0 Å². The summed E-state index contributed by atoms with van der Waals surface area (Å²) < 4.78 is 0. The molecule has 1 N–H and O–H groups in total. The van der Waals surface area contributed by atoms with Gasteiger partial charge in [-0.1, -0.05) is 13.8 Å². The molecular formula is C6H11O2. The van der Waals surface area contributed by atoms with Gasteiger partial charge < -0.3 is 5.11 Å². The molecule has 8 heavy (non-hydrogen) atoms. The van der Waals surface area contributed by atoms with Crippen LogP contribution >= 0.6 is 0 Å². The fraction of sp³-hybridized carbons (Fsp3) is 0.667. The maximum Gasteiger partial charge on any atom is 0.310 e. The summed E-state index contributed by atoms with van der Waals surface area (Å²) >= 11 is 0. The van der Waals surface area contributed by atoms with Crippen LogP contribution in [0, 0.1) is 11.8 Å². The largest absolute Gasteiger partial charge is 0.481 e. The first-order valence-electron chi connectivity index (χ1n) is 2.62. The van der Waals surface area contributed by atoms with Crippen molar-refractivity contribution in [3.8, 4) is 0 Å². The number of carboxylic acids is 1.